The second-order valence-corrected chi connectivity index (χ2v) is 5.29. The Morgan fingerprint density at radius 1 is 1.05 bits per heavy atom. The van der Waals surface area contributed by atoms with Crippen molar-refractivity contribution in [3.63, 3.8) is 0 Å². The molecule has 3 aromatic rings. The van der Waals surface area contributed by atoms with Crippen molar-refractivity contribution in [1.82, 2.24) is 9.55 Å². The fraction of sp³-hybridized carbons (Fsp3) is 0.188. The van der Waals surface area contributed by atoms with Crippen LogP contribution in [0.3, 0.4) is 0 Å². The Morgan fingerprint density at radius 3 is 2.47 bits per heavy atom. The average Bonchev–Trinajstić information content (AvgIpc) is 2.74. The van der Waals surface area contributed by atoms with Crippen LogP contribution in [0.1, 0.15) is 24.1 Å². The molecule has 1 aromatic heterocycles. The summed E-state index contributed by atoms with van der Waals surface area (Å²) in [5.41, 5.74) is 4.79. The number of nitrogens with one attached hydrogen (secondary N) is 1. The van der Waals surface area contributed by atoms with E-state index in [2.05, 4.69) is 59.8 Å². The molecule has 1 N–H and O–H groups in total. The van der Waals surface area contributed by atoms with Crippen molar-refractivity contribution in [2.45, 2.75) is 19.9 Å². The van der Waals surface area contributed by atoms with E-state index in [0.29, 0.717) is 0 Å². The third-order valence-corrected chi connectivity index (χ3v) is 3.87. The predicted octanol–water partition coefficient (Wildman–Crippen LogP) is 4.62. The van der Waals surface area contributed by atoms with E-state index < -0.39 is 0 Å². The summed E-state index contributed by atoms with van der Waals surface area (Å²) in [6.45, 7) is 4.28. The van der Waals surface area contributed by atoms with Gasteiger partial charge in [0.2, 0.25) is 0 Å². The first kappa shape index (κ1) is 12.2. The Balaban J connectivity index is 2.16. The molecule has 2 nitrogen and oxygen atoms in total. The fourth-order valence-corrected chi connectivity index (χ4v) is 2.82. The minimum absolute atomic E-state index is 0.226. The number of rotatable bonds is 2. The number of hydrogen-bond donors (Lipinski definition) is 1. The van der Waals surface area contributed by atoms with Crippen molar-refractivity contribution >= 4 is 23.3 Å². The molecule has 0 aliphatic carbocycles. The number of nitrogens with zero attached hydrogens (tertiary/aromatic N) is 1. The zero-order chi connectivity index (χ0) is 13.4. The number of fused-ring (bicyclic) bond motifs is 1. The molecule has 0 radical (unpaired) electrons. The summed E-state index contributed by atoms with van der Waals surface area (Å²) in [5, 5.41) is 0. The summed E-state index contributed by atoms with van der Waals surface area (Å²) >= 11 is 5.46. The molecule has 1 heterocycles. The Hall–Kier alpha value is -1.87. The third kappa shape index (κ3) is 2.10. The van der Waals surface area contributed by atoms with Crippen LogP contribution >= 0.6 is 12.2 Å². The van der Waals surface area contributed by atoms with Gasteiger partial charge in [-0.1, -0.05) is 42.0 Å². The summed E-state index contributed by atoms with van der Waals surface area (Å²) in [6.07, 6.45) is 0. The Labute approximate surface area is 117 Å². The normalized spacial score (nSPS) is 12.7. The van der Waals surface area contributed by atoms with Crippen LogP contribution in [0, 0.1) is 11.7 Å². The van der Waals surface area contributed by atoms with E-state index in [1.807, 2.05) is 12.1 Å². The Morgan fingerprint density at radius 2 is 1.74 bits per heavy atom. The number of H-pyrrole nitrogens is 1. The van der Waals surface area contributed by atoms with Gasteiger partial charge in [-0.3, -0.25) is 0 Å². The molecule has 3 heteroatoms. The molecule has 0 amide bonds. The topological polar surface area (TPSA) is 20.7 Å². The van der Waals surface area contributed by atoms with Crippen molar-refractivity contribution in [3.8, 4) is 0 Å². The number of aryl methyl sites for hydroxylation is 1. The van der Waals surface area contributed by atoms with Crippen molar-refractivity contribution in [2.75, 3.05) is 0 Å². The quantitative estimate of drug-likeness (QED) is 0.673. The summed E-state index contributed by atoms with van der Waals surface area (Å²) in [5.74, 6) is 0. The van der Waals surface area contributed by atoms with Crippen molar-refractivity contribution in [1.29, 1.82) is 0 Å². The maximum absolute atomic E-state index is 5.46. The third-order valence-electron chi connectivity index (χ3n) is 3.57. The molecular weight excluding hydrogens is 252 g/mol. The molecule has 96 valence electrons. The van der Waals surface area contributed by atoms with E-state index >= 15 is 0 Å². The highest BCUT2D eigenvalue weighted by Gasteiger charge is 2.12. The molecule has 3 rings (SSSR count). The van der Waals surface area contributed by atoms with Crippen LogP contribution in [-0.4, -0.2) is 9.55 Å². The summed E-state index contributed by atoms with van der Waals surface area (Å²) < 4.78 is 2.95. The molecule has 2 aromatic carbocycles. The van der Waals surface area contributed by atoms with Crippen LogP contribution in [0.5, 0.6) is 0 Å². The molecular formula is C16H16N2S. The van der Waals surface area contributed by atoms with Crippen LogP contribution in [0.15, 0.2) is 48.5 Å². The van der Waals surface area contributed by atoms with Gasteiger partial charge in [0.25, 0.3) is 0 Å². The zero-order valence-electron chi connectivity index (χ0n) is 11.1. The number of aromatic amines is 1. The smallest absolute Gasteiger partial charge is 0.178 e. The highest BCUT2D eigenvalue weighted by atomic mass is 32.1. The van der Waals surface area contributed by atoms with Gasteiger partial charge in [-0.25, -0.2) is 0 Å². The van der Waals surface area contributed by atoms with Gasteiger partial charge in [-0.05, 0) is 43.8 Å². The van der Waals surface area contributed by atoms with Gasteiger partial charge in [0.15, 0.2) is 4.77 Å². The molecule has 0 aliphatic heterocycles. The van der Waals surface area contributed by atoms with Crippen molar-refractivity contribution in [3.05, 3.63) is 64.4 Å². The SMILES string of the molecule is Cc1ccc(C(C)n2c(=S)[nH]c3ccccc32)cc1. The van der Waals surface area contributed by atoms with Crippen LogP contribution < -0.4 is 0 Å². The molecule has 0 spiro atoms. The average molecular weight is 268 g/mol. The van der Waals surface area contributed by atoms with Crippen molar-refractivity contribution < 1.29 is 0 Å². The predicted molar refractivity (Wildman–Crippen MR) is 82.1 cm³/mol. The first-order chi connectivity index (χ1) is 9.16. The lowest BCUT2D eigenvalue weighted by Crippen LogP contribution is -2.06. The molecule has 0 saturated carbocycles. The van der Waals surface area contributed by atoms with E-state index in [-0.39, 0.29) is 6.04 Å². The molecule has 0 aliphatic rings. The molecule has 0 fully saturated rings. The van der Waals surface area contributed by atoms with E-state index in [0.717, 1.165) is 15.8 Å². The molecule has 1 unspecified atom stereocenters. The molecule has 0 bridgehead atoms. The van der Waals surface area contributed by atoms with Crippen molar-refractivity contribution in [2.24, 2.45) is 0 Å². The van der Waals surface area contributed by atoms with Gasteiger partial charge in [-0.2, -0.15) is 0 Å². The number of para-hydroxylation sites is 2. The number of benzene rings is 2. The second-order valence-electron chi connectivity index (χ2n) is 4.90. The second kappa shape index (κ2) is 4.67. The van der Waals surface area contributed by atoms with E-state index in [4.69, 9.17) is 12.2 Å². The highest BCUT2D eigenvalue weighted by Crippen LogP contribution is 2.24. The van der Waals surface area contributed by atoms with E-state index in [1.165, 1.54) is 11.1 Å². The van der Waals surface area contributed by atoms with E-state index in [1.54, 1.807) is 0 Å². The summed E-state index contributed by atoms with van der Waals surface area (Å²) in [7, 11) is 0. The largest absolute Gasteiger partial charge is 0.331 e. The van der Waals surface area contributed by atoms with E-state index in [9.17, 15) is 0 Å². The van der Waals surface area contributed by atoms with Gasteiger partial charge >= 0.3 is 0 Å². The monoisotopic (exact) mass is 268 g/mol. The lowest BCUT2D eigenvalue weighted by atomic mass is 10.1. The van der Waals surface area contributed by atoms with Crippen LogP contribution in [-0.2, 0) is 0 Å². The maximum Gasteiger partial charge on any atom is 0.178 e. The molecule has 0 saturated heterocycles. The zero-order valence-corrected chi connectivity index (χ0v) is 11.9. The molecule has 1 atom stereocenters. The number of imidazole rings is 1. The lowest BCUT2D eigenvalue weighted by Gasteiger charge is -2.15. The summed E-state index contributed by atoms with van der Waals surface area (Å²) in [6, 6.07) is 17.1. The minimum atomic E-state index is 0.226. The maximum atomic E-state index is 5.46. The first-order valence-corrected chi connectivity index (χ1v) is 6.83. The first-order valence-electron chi connectivity index (χ1n) is 6.42. The minimum Gasteiger partial charge on any atom is -0.331 e. The van der Waals surface area contributed by atoms with Gasteiger partial charge in [-0.15, -0.1) is 0 Å². The van der Waals surface area contributed by atoms with Crippen LogP contribution in [0.25, 0.3) is 11.0 Å². The summed E-state index contributed by atoms with van der Waals surface area (Å²) in [4.78, 5) is 3.27. The molecule has 19 heavy (non-hydrogen) atoms. The van der Waals surface area contributed by atoms with Gasteiger partial charge in [0, 0.05) is 0 Å². The van der Waals surface area contributed by atoms with Gasteiger partial charge in [0.1, 0.15) is 0 Å². The highest BCUT2D eigenvalue weighted by molar-refractivity contribution is 7.71. The number of hydrogen-bond acceptors (Lipinski definition) is 1. The van der Waals surface area contributed by atoms with Crippen LogP contribution in [0.2, 0.25) is 0 Å². The Kier molecular flexibility index (Phi) is 2.99. The lowest BCUT2D eigenvalue weighted by molar-refractivity contribution is 0.649. The van der Waals surface area contributed by atoms with Gasteiger partial charge in [0.05, 0.1) is 17.1 Å². The van der Waals surface area contributed by atoms with Gasteiger partial charge < -0.3 is 9.55 Å². The van der Waals surface area contributed by atoms with Crippen LogP contribution in [0.4, 0.5) is 0 Å². The standard InChI is InChI=1S/C16H16N2S/c1-11-7-9-13(10-8-11)12(2)18-15-6-4-3-5-14(15)17-16(18)19/h3-10,12H,1-2H3,(H,17,19). The number of aromatic nitrogens is 2. The fourth-order valence-electron chi connectivity index (χ4n) is 2.45. The Bertz CT molecular complexity index is 765.